The molecule has 1 aliphatic heterocycles. The van der Waals surface area contributed by atoms with Crippen LogP contribution < -0.4 is 5.32 Å². The molecule has 0 bridgehead atoms. The van der Waals surface area contributed by atoms with E-state index in [0.717, 1.165) is 22.7 Å². The first-order chi connectivity index (χ1) is 8.72. The molecule has 3 rings (SSSR count). The Labute approximate surface area is 107 Å². The van der Waals surface area contributed by atoms with Gasteiger partial charge in [-0.3, -0.25) is 14.9 Å². The van der Waals surface area contributed by atoms with Crippen molar-refractivity contribution < 1.29 is 9.59 Å². The number of carbonyl (C=O) groups excluding carboxylic acids is 2. The van der Waals surface area contributed by atoms with Gasteiger partial charge in [-0.05, 0) is 30.0 Å². The lowest BCUT2D eigenvalue weighted by Crippen LogP contribution is -2.17. The average molecular weight is 256 g/mol. The van der Waals surface area contributed by atoms with Gasteiger partial charge in [0.2, 0.25) is 0 Å². The van der Waals surface area contributed by atoms with Gasteiger partial charge in [-0.2, -0.15) is 0 Å². The second-order valence-electron chi connectivity index (χ2n) is 3.78. The SMILES string of the molecule is O=C1NC(=O)/C(=C\c2ccc3ccccc3n2)S1. The fourth-order valence-corrected chi connectivity index (χ4v) is 2.38. The monoisotopic (exact) mass is 256 g/mol. The van der Waals surface area contributed by atoms with E-state index >= 15 is 0 Å². The lowest BCUT2D eigenvalue weighted by atomic mass is 10.2. The summed E-state index contributed by atoms with van der Waals surface area (Å²) in [6.45, 7) is 0. The van der Waals surface area contributed by atoms with E-state index < -0.39 is 0 Å². The van der Waals surface area contributed by atoms with Crippen LogP contribution in [0.25, 0.3) is 17.0 Å². The van der Waals surface area contributed by atoms with Crippen molar-refractivity contribution in [3.8, 4) is 0 Å². The van der Waals surface area contributed by atoms with Gasteiger partial charge in [0.05, 0.1) is 16.1 Å². The van der Waals surface area contributed by atoms with Gasteiger partial charge >= 0.3 is 0 Å². The number of nitrogens with one attached hydrogen (secondary N) is 1. The highest BCUT2D eigenvalue weighted by Gasteiger charge is 2.25. The Morgan fingerprint density at radius 1 is 1.11 bits per heavy atom. The summed E-state index contributed by atoms with van der Waals surface area (Å²) >= 11 is 0.895. The molecule has 2 aromatic rings. The van der Waals surface area contributed by atoms with Crippen LogP contribution in [0.3, 0.4) is 0 Å². The molecule has 0 radical (unpaired) electrons. The molecule has 1 aliphatic rings. The van der Waals surface area contributed by atoms with E-state index in [1.165, 1.54) is 0 Å². The van der Waals surface area contributed by atoms with Gasteiger partial charge in [0.1, 0.15) is 0 Å². The maximum Gasteiger partial charge on any atom is 0.290 e. The van der Waals surface area contributed by atoms with Crippen LogP contribution in [0.15, 0.2) is 41.3 Å². The summed E-state index contributed by atoms with van der Waals surface area (Å²) in [4.78, 5) is 27.2. The third-order valence-corrected chi connectivity index (χ3v) is 3.35. The van der Waals surface area contributed by atoms with Crippen LogP contribution in [-0.2, 0) is 4.79 Å². The van der Waals surface area contributed by atoms with Gasteiger partial charge < -0.3 is 0 Å². The highest BCUT2D eigenvalue weighted by Crippen LogP contribution is 2.25. The quantitative estimate of drug-likeness (QED) is 0.797. The fourth-order valence-electron chi connectivity index (χ4n) is 1.72. The Morgan fingerprint density at radius 2 is 1.94 bits per heavy atom. The molecule has 1 aromatic carbocycles. The van der Waals surface area contributed by atoms with E-state index in [1.807, 2.05) is 36.4 Å². The van der Waals surface area contributed by atoms with Gasteiger partial charge in [0, 0.05) is 5.39 Å². The molecule has 2 heterocycles. The Hall–Kier alpha value is -2.14. The minimum atomic E-state index is -0.361. The smallest absolute Gasteiger partial charge is 0.282 e. The molecular weight excluding hydrogens is 248 g/mol. The lowest BCUT2D eigenvalue weighted by Gasteiger charge is -1.98. The number of carbonyl (C=O) groups is 2. The molecule has 0 atom stereocenters. The molecule has 4 nitrogen and oxygen atoms in total. The van der Waals surface area contributed by atoms with E-state index in [1.54, 1.807) is 6.08 Å². The standard InChI is InChI=1S/C13H8N2O2S/c16-12-11(18-13(17)15-12)7-9-6-5-8-3-1-2-4-10(8)14-9/h1-7H,(H,15,16,17)/b11-7+. The van der Waals surface area contributed by atoms with Gasteiger partial charge in [0.25, 0.3) is 11.1 Å². The highest BCUT2D eigenvalue weighted by molar-refractivity contribution is 8.18. The van der Waals surface area contributed by atoms with Crippen molar-refractivity contribution in [2.24, 2.45) is 0 Å². The van der Waals surface area contributed by atoms with Gasteiger partial charge in [0.15, 0.2) is 0 Å². The van der Waals surface area contributed by atoms with Gasteiger partial charge in [-0.25, -0.2) is 4.98 Å². The zero-order valence-corrected chi connectivity index (χ0v) is 10.0. The summed E-state index contributed by atoms with van der Waals surface area (Å²) in [6.07, 6.45) is 1.62. The topological polar surface area (TPSA) is 59.1 Å². The van der Waals surface area contributed by atoms with Crippen molar-refractivity contribution in [3.63, 3.8) is 0 Å². The maximum atomic E-state index is 11.4. The molecule has 88 valence electrons. The first-order valence-corrected chi connectivity index (χ1v) is 6.15. The number of rotatable bonds is 1. The van der Waals surface area contributed by atoms with Crippen LogP contribution in [0.2, 0.25) is 0 Å². The molecule has 5 heteroatoms. The Kier molecular flexibility index (Phi) is 2.60. The number of benzene rings is 1. The number of fused-ring (bicyclic) bond motifs is 1. The maximum absolute atomic E-state index is 11.4. The van der Waals surface area contributed by atoms with Crippen LogP contribution in [-0.4, -0.2) is 16.1 Å². The van der Waals surface area contributed by atoms with Crippen LogP contribution in [0.5, 0.6) is 0 Å². The predicted octanol–water partition coefficient (Wildman–Crippen LogP) is 2.56. The number of hydrogen-bond acceptors (Lipinski definition) is 4. The molecule has 0 aliphatic carbocycles. The summed E-state index contributed by atoms with van der Waals surface area (Å²) in [5.41, 5.74) is 1.53. The summed E-state index contributed by atoms with van der Waals surface area (Å²) < 4.78 is 0. The molecule has 0 saturated carbocycles. The molecule has 0 spiro atoms. The highest BCUT2D eigenvalue weighted by atomic mass is 32.2. The summed E-state index contributed by atoms with van der Waals surface area (Å²) in [6, 6.07) is 11.5. The Balaban J connectivity index is 2.02. The van der Waals surface area contributed by atoms with Crippen LogP contribution >= 0.6 is 11.8 Å². The fraction of sp³-hybridized carbons (Fsp3) is 0. The Morgan fingerprint density at radius 3 is 2.72 bits per heavy atom. The lowest BCUT2D eigenvalue weighted by molar-refractivity contribution is -0.115. The summed E-state index contributed by atoms with van der Waals surface area (Å²) in [5.74, 6) is -0.361. The first kappa shape index (κ1) is 11.0. The largest absolute Gasteiger partial charge is 0.290 e. The number of aromatic nitrogens is 1. The third kappa shape index (κ3) is 2.00. The second kappa shape index (κ2) is 4.27. The van der Waals surface area contributed by atoms with E-state index in [0.29, 0.717) is 10.6 Å². The first-order valence-electron chi connectivity index (χ1n) is 5.33. The van der Waals surface area contributed by atoms with E-state index in [-0.39, 0.29) is 11.1 Å². The number of para-hydroxylation sites is 1. The zero-order chi connectivity index (χ0) is 12.5. The van der Waals surface area contributed by atoms with Crippen molar-refractivity contribution >= 4 is 39.9 Å². The molecule has 1 aromatic heterocycles. The van der Waals surface area contributed by atoms with E-state index in [2.05, 4.69) is 10.3 Å². The Bertz CT molecular complexity index is 694. The van der Waals surface area contributed by atoms with Gasteiger partial charge in [-0.15, -0.1) is 0 Å². The normalized spacial score (nSPS) is 17.4. The van der Waals surface area contributed by atoms with Crippen LogP contribution in [0.4, 0.5) is 4.79 Å². The number of amides is 2. The second-order valence-corrected chi connectivity index (χ2v) is 4.80. The summed E-state index contributed by atoms with van der Waals surface area (Å²) in [5, 5.41) is 2.91. The number of thioether (sulfide) groups is 1. The number of imide groups is 1. The van der Waals surface area contributed by atoms with Crippen LogP contribution in [0, 0.1) is 0 Å². The van der Waals surface area contributed by atoms with Gasteiger partial charge in [-0.1, -0.05) is 24.3 Å². The molecule has 18 heavy (non-hydrogen) atoms. The van der Waals surface area contributed by atoms with Crippen LogP contribution in [0.1, 0.15) is 5.69 Å². The number of pyridine rings is 1. The van der Waals surface area contributed by atoms with Crippen molar-refractivity contribution in [3.05, 3.63) is 47.0 Å². The number of nitrogens with zero attached hydrogens (tertiary/aromatic N) is 1. The summed E-state index contributed by atoms with van der Waals surface area (Å²) in [7, 11) is 0. The van der Waals surface area contributed by atoms with Crippen molar-refractivity contribution in [2.45, 2.75) is 0 Å². The molecule has 1 fully saturated rings. The third-order valence-electron chi connectivity index (χ3n) is 2.54. The molecule has 2 amide bonds. The van der Waals surface area contributed by atoms with Crippen molar-refractivity contribution in [1.82, 2.24) is 10.3 Å². The molecule has 1 saturated heterocycles. The van der Waals surface area contributed by atoms with Crippen molar-refractivity contribution in [1.29, 1.82) is 0 Å². The molecule has 1 N–H and O–H groups in total. The van der Waals surface area contributed by atoms with Crippen molar-refractivity contribution in [2.75, 3.05) is 0 Å². The molecular formula is C13H8N2O2S. The zero-order valence-electron chi connectivity index (χ0n) is 9.21. The molecule has 0 unspecified atom stereocenters. The number of hydrogen-bond donors (Lipinski definition) is 1. The van der Waals surface area contributed by atoms with E-state index in [9.17, 15) is 9.59 Å². The predicted molar refractivity (Wildman–Crippen MR) is 70.8 cm³/mol. The van der Waals surface area contributed by atoms with E-state index in [4.69, 9.17) is 0 Å². The minimum absolute atomic E-state index is 0.341. The average Bonchev–Trinajstić information content (AvgIpc) is 2.68. The minimum Gasteiger partial charge on any atom is -0.282 e.